The molecule has 0 spiro atoms. The van der Waals surface area contributed by atoms with E-state index in [1.807, 2.05) is 48.5 Å². The van der Waals surface area contributed by atoms with E-state index in [1.54, 1.807) is 24.0 Å². The van der Waals surface area contributed by atoms with E-state index in [0.717, 1.165) is 37.2 Å². The fourth-order valence-electron chi connectivity index (χ4n) is 5.63. The minimum Gasteiger partial charge on any atom is -0.370 e. The van der Waals surface area contributed by atoms with Crippen LogP contribution in [0.5, 0.6) is 0 Å². The van der Waals surface area contributed by atoms with Gasteiger partial charge in [0.25, 0.3) is 5.91 Å². The maximum atomic E-state index is 14.8. The Bertz CT molecular complexity index is 1270. The minimum absolute atomic E-state index is 0.0671. The molecule has 0 aliphatic carbocycles. The lowest BCUT2D eigenvalue weighted by Gasteiger charge is -2.41. The highest BCUT2D eigenvalue weighted by atomic mass is 35.5. The predicted molar refractivity (Wildman–Crippen MR) is 146 cm³/mol. The van der Waals surface area contributed by atoms with Crippen LogP contribution in [0.25, 0.3) is 0 Å². The van der Waals surface area contributed by atoms with Crippen molar-refractivity contribution in [1.29, 1.82) is 0 Å². The highest BCUT2D eigenvalue weighted by Crippen LogP contribution is 2.39. The molecule has 2 aliphatic heterocycles. The Morgan fingerprint density at radius 1 is 0.946 bits per heavy atom. The molecule has 0 radical (unpaired) electrons. The molecule has 3 aromatic rings. The van der Waals surface area contributed by atoms with Crippen molar-refractivity contribution in [2.75, 3.05) is 29.9 Å². The summed E-state index contributed by atoms with van der Waals surface area (Å²) in [5, 5.41) is 3.75. The molecule has 2 atom stereocenters. The van der Waals surface area contributed by atoms with Gasteiger partial charge in [-0.15, -0.1) is 0 Å². The van der Waals surface area contributed by atoms with Crippen molar-refractivity contribution in [1.82, 2.24) is 4.90 Å². The summed E-state index contributed by atoms with van der Waals surface area (Å²) < 4.78 is 14.8. The molecular formula is C30H31ClFN3O2. The van der Waals surface area contributed by atoms with E-state index in [4.69, 9.17) is 11.6 Å². The molecule has 7 heteroatoms. The average molecular weight is 520 g/mol. The highest BCUT2D eigenvalue weighted by Gasteiger charge is 2.40. The van der Waals surface area contributed by atoms with Crippen molar-refractivity contribution in [3.63, 3.8) is 0 Å². The van der Waals surface area contributed by atoms with E-state index >= 15 is 0 Å². The summed E-state index contributed by atoms with van der Waals surface area (Å²) in [6.07, 6.45) is 3.52. The highest BCUT2D eigenvalue weighted by molar-refractivity contribution is 6.33. The van der Waals surface area contributed by atoms with Crippen molar-refractivity contribution in [3.05, 3.63) is 94.3 Å². The summed E-state index contributed by atoms with van der Waals surface area (Å²) in [5.74, 6) is -1.58. The number of rotatable bonds is 5. The Balaban J connectivity index is 1.46. The molecule has 0 saturated carbocycles. The molecule has 3 aromatic carbocycles. The number of likely N-dealkylation sites (tertiary alicyclic amines) is 1. The smallest absolute Gasteiger partial charge is 0.257 e. The van der Waals surface area contributed by atoms with Crippen LogP contribution in [0.15, 0.2) is 66.7 Å². The van der Waals surface area contributed by atoms with Crippen LogP contribution < -0.4 is 10.2 Å². The van der Waals surface area contributed by atoms with Gasteiger partial charge in [-0.05, 0) is 68.0 Å². The van der Waals surface area contributed by atoms with E-state index in [0.29, 0.717) is 35.7 Å². The lowest BCUT2D eigenvalue weighted by molar-refractivity contribution is -0.123. The summed E-state index contributed by atoms with van der Waals surface area (Å²) in [4.78, 5) is 31.4. The first-order valence-electron chi connectivity index (χ1n) is 12.9. The maximum absolute atomic E-state index is 14.8. The topological polar surface area (TPSA) is 52.7 Å². The van der Waals surface area contributed by atoms with Gasteiger partial charge in [-0.2, -0.15) is 0 Å². The first-order valence-corrected chi connectivity index (χ1v) is 13.3. The Labute approximate surface area is 222 Å². The number of nitrogens with zero attached hydrogens (tertiary/aromatic N) is 2. The Morgan fingerprint density at radius 2 is 1.70 bits per heavy atom. The normalized spacial score (nSPS) is 19.6. The average Bonchev–Trinajstić information content (AvgIpc) is 3.44. The third kappa shape index (κ3) is 5.21. The zero-order valence-electron chi connectivity index (χ0n) is 20.9. The number of carbonyl (C=O) groups excluding carboxylic acids is 2. The zero-order chi connectivity index (χ0) is 25.9. The van der Waals surface area contributed by atoms with E-state index < -0.39 is 17.8 Å². The number of hydrogen-bond acceptors (Lipinski definition) is 3. The minimum atomic E-state index is -0.543. The van der Waals surface area contributed by atoms with Gasteiger partial charge in [-0.1, -0.05) is 54.1 Å². The number of anilines is 2. The molecular weight excluding hydrogens is 489 g/mol. The van der Waals surface area contributed by atoms with E-state index in [2.05, 4.69) is 10.2 Å². The first-order chi connectivity index (χ1) is 17.9. The fourth-order valence-corrected chi connectivity index (χ4v) is 5.87. The van der Waals surface area contributed by atoms with Gasteiger partial charge in [0.2, 0.25) is 5.91 Å². The number of amides is 2. The third-order valence-electron chi connectivity index (χ3n) is 7.47. The van der Waals surface area contributed by atoms with Crippen LogP contribution in [-0.2, 0) is 4.79 Å². The largest absolute Gasteiger partial charge is 0.370 e. The molecule has 2 saturated heterocycles. The molecule has 2 heterocycles. The molecule has 1 unspecified atom stereocenters. The van der Waals surface area contributed by atoms with Gasteiger partial charge < -0.3 is 15.1 Å². The molecule has 0 bridgehead atoms. The molecule has 37 heavy (non-hydrogen) atoms. The third-order valence-corrected chi connectivity index (χ3v) is 7.79. The number of carbonyl (C=O) groups is 2. The van der Waals surface area contributed by atoms with Gasteiger partial charge in [0, 0.05) is 25.3 Å². The van der Waals surface area contributed by atoms with Gasteiger partial charge in [0.05, 0.1) is 28.2 Å². The summed E-state index contributed by atoms with van der Waals surface area (Å²) >= 11 is 6.47. The lowest BCUT2D eigenvalue weighted by Crippen LogP contribution is -2.46. The maximum Gasteiger partial charge on any atom is 0.257 e. The Kier molecular flexibility index (Phi) is 7.47. The summed E-state index contributed by atoms with van der Waals surface area (Å²) in [7, 11) is 0. The summed E-state index contributed by atoms with van der Waals surface area (Å²) in [5.41, 5.74) is 3.11. The summed E-state index contributed by atoms with van der Waals surface area (Å²) in [6, 6.07) is 19.3. The van der Waals surface area contributed by atoms with Gasteiger partial charge in [-0.25, -0.2) is 4.39 Å². The van der Waals surface area contributed by atoms with Crippen LogP contribution in [0.3, 0.4) is 0 Å². The van der Waals surface area contributed by atoms with E-state index in [1.165, 1.54) is 6.07 Å². The van der Waals surface area contributed by atoms with Crippen LogP contribution >= 0.6 is 11.6 Å². The fraction of sp³-hybridized carbons (Fsp3) is 0.333. The Hall–Kier alpha value is -3.38. The SMILES string of the molecule is Cc1cccc(F)c1C(=O)N1CCC[C@H](C(=O)Nc2ccc(Cl)c(N3CCCC3)c2)C1c1ccccc1. The van der Waals surface area contributed by atoms with Crippen LogP contribution in [0.2, 0.25) is 5.02 Å². The van der Waals surface area contributed by atoms with Crippen LogP contribution in [0.1, 0.15) is 53.2 Å². The number of benzene rings is 3. The van der Waals surface area contributed by atoms with Crippen LogP contribution in [0, 0.1) is 18.7 Å². The number of aryl methyl sites for hydroxylation is 1. The first kappa shape index (κ1) is 25.3. The van der Waals surface area contributed by atoms with Gasteiger partial charge in [0.1, 0.15) is 5.82 Å². The monoisotopic (exact) mass is 519 g/mol. The second-order valence-corrected chi connectivity index (χ2v) is 10.3. The van der Waals surface area contributed by atoms with Crippen molar-refractivity contribution < 1.29 is 14.0 Å². The lowest BCUT2D eigenvalue weighted by atomic mass is 9.83. The number of nitrogens with one attached hydrogen (secondary N) is 1. The predicted octanol–water partition coefficient (Wildman–Crippen LogP) is 6.62. The van der Waals surface area contributed by atoms with Crippen molar-refractivity contribution in [2.24, 2.45) is 5.92 Å². The standard InChI is InChI=1S/C30H31ClFN3O2/c1-20-9-7-13-25(32)27(20)30(37)35-18-8-12-23(28(35)21-10-3-2-4-11-21)29(36)33-22-14-15-24(31)26(19-22)34-16-5-6-17-34/h2-4,7,9-11,13-15,19,23,28H,5-6,8,12,16-18H2,1H3,(H,33,36)/t23-,28?/m0/s1. The number of hydrogen-bond donors (Lipinski definition) is 1. The van der Waals surface area contributed by atoms with E-state index in [9.17, 15) is 14.0 Å². The van der Waals surface area contributed by atoms with Crippen molar-refractivity contribution in [3.8, 4) is 0 Å². The van der Waals surface area contributed by atoms with Crippen molar-refractivity contribution in [2.45, 2.75) is 38.6 Å². The number of piperidine rings is 1. The molecule has 192 valence electrons. The molecule has 5 nitrogen and oxygen atoms in total. The molecule has 0 aromatic heterocycles. The van der Waals surface area contributed by atoms with Crippen LogP contribution in [0.4, 0.5) is 15.8 Å². The van der Waals surface area contributed by atoms with E-state index in [-0.39, 0.29) is 17.4 Å². The van der Waals surface area contributed by atoms with Gasteiger partial charge in [-0.3, -0.25) is 9.59 Å². The number of halogens is 2. The van der Waals surface area contributed by atoms with Gasteiger partial charge >= 0.3 is 0 Å². The second kappa shape index (κ2) is 10.9. The van der Waals surface area contributed by atoms with Crippen molar-refractivity contribution >= 4 is 34.8 Å². The quantitative estimate of drug-likeness (QED) is 0.412. The molecule has 1 N–H and O–H groups in total. The van der Waals surface area contributed by atoms with Gasteiger partial charge in [0.15, 0.2) is 0 Å². The molecule has 5 rings (SSSR count). The Morgan fingerprint density at radius 3 is 2.43 bits per heavy atom. The molecule has 2 amide bonds. The van der Waals surface area contributed by atoms with Crippen LogP contribution in [-0.4, -0.2) is 36.3 Å². The molecule has 2 aliphatic rings. The summed E-state index contributed by atoms with van der Waals surface area (Å²) in [6.45, 7) is 4.08. The molecule has 2 fully saturated rings. The zero-order valence-corrected chi connectivity index (χ0v) is 21.7. The second-order valence-electron chi connectivity index (χ2n) is 9.88.